The summed E-state index contributed by atoms with van der Waals surface area (Å²) in [5, 5.41) is 11.4. The smallest absolute Gasteiger partial charge is 0.123 e. The molecule has 1 nitrogen and oxygen atoms in total. The molecule has 1 aromatic rings. The lowest BCUT2D eigenvalue weighted by molar-refractivity contribution is 0.400. The molecule has 0 fully saturated rings. The fraction of sp³-hybridized carbons (Fsp3) is 0.786. The Hall–Kier alpha value is -0.280. The Kier molecular flexibility index (Phi) is 9.20. The number of thioether (sulfide) groups is 2. The average molecular weight is 467 g/mol. The summed E-state index contributed by atoms with van der Waals surface area (Å²) in [5.74, 6) is 2.72. The van der Waals surface area contributed by atoms with E-state index in [1.165, 1.54) is 18.4 Å². The summed E-state index contributed by atoms with van der Waals surface area (Å²) in [5.41, 5.74) is 4.05. The molecule has 0 bridgehead atoms. The molecule has 0 unspecified atom stereocenters. The zero-order valence-corrected chi connectivity index (χ0v) is 24.4. The SMILES string of the molecule is CC(C)(C)CCSC(C)(C)c1cc(C(C)(C)C)c(O)c(C(C)(C)SCCC(C)(C)C)c1. The zero-order chi connectivity index (χ0) is 24.5. The van der Waals surface area contributed by atoms with Gasteiger partial charge < -0.3 is 5.11 Å². The van der Waals surface area contributed by atoms with Crippen LogP contribution in [0.3, 0.4) is 0 Å². The van der Waals surface area contributed by atoms with Crippen molar-refractivity contribution in [1.82, 2.24) is 0 Å². The minimum absolute atomic E-state index is 0.000143. The van der Waals surface area contributed by atoms with Gasteiger partial charge in [0.1, 0.15) is 5.75 Å². The summed E-state index contributed by atoms with van der Waals surface area (Å²) in [6, 6.07) is 4.55. The van der Waals surface area contributed by atoms with Gasteiger partial charge in [-0.25, -0.2) is 0 Å². The molecule has 0 saturated carbocycles. The first kappa shape index (κ1) is 28.8. The molecule has 0 radical (unpaired) electrons. The second-order valence-corrected chi connectivity index (χ2v) is 16.9. The molecular weight excluding hydrogens is 416 g/mol. The van der Waals surface area contributed by atoms with Crippen LogP contribution in [0.15, 0.2) is 12.1 Å². The van der Waals surface area contributed by atoms with Gasteiger partial charge >= 0.3 is 0 Å². The molecule has 0 aliphatic rings. The Morgan fingerprint density at radius 3 is 1.39 bits per heavy atom. The highest BCUT2D eigenvalue weighted by Crippen LogP contribution is 2.48. The molecule has 31 heavy (non-hydrogen) atoms. The lowest BCUT2D eigenvalue weighted by Crippen LogP contribution is -2.22. The first-order chi connectivity index (χ1) is 13.7. The predicted molar refractivity (Wildman–Crippen MR) is 146 cm³/mol. The molecule has 1 rings (SSSR count). The summed E-state index contributed by atoms with van der Waals surface area (Å²) < 4.78 is -0.142. The average Bonchev–Trinajstić information content (AvgIpc) is 2.50. The van der Waals surface area contributed by atoms with Gasteiger partial charge in [0.25, 0.3) is 0 Å². The third-order valence-electron chi connectivity index (χ3n) is 5.89. The number of rotatable bonds is 8. The van der Waals surface area contributed by atoms with Crippen molar-refractivity contribution in [3.8, 4) is 5.75 Å². The number of benzene rings is 1. The molecule has 0 atom stereocenters. The highest BCUT2D eigenvalue weighted by molar-refractivity contribution is 8.00. The Balaban J connectivity index is 3.36. The van der Waals surface area contributed by atoms with Crippen LogP contribution in [0.2, 0.25) is 0 Å². The number of phenolic OH excluding ortho intramolecular Hbond substituents is 1. The Morgan fingerprint density at radius 2 is 1.00 bits per heavy atom. The van der Waals surface area contributed by atoms with Gasteiger partial charge in [0.05, 0.1) is 0 Å². The van der Waals surface area contributed by atoms with Crippen molar-refractivity contribution >= 4 is 23.5 Å². The van der Waals surface area contributed by atoms with Crippen molar-refractivity contribution in [2.45, 2.75) is 118 Å². The van der Waals surface area contributed by atoms with E-state index in [1.807, 2.05) is 23.5 Å². The minimum Gasteiger partial charge on any atom is -0.507 e. The molecule has 0 saturated heterocycles. The molecule has 180 valence electrons. The third kappa shape index (κ3) is 9.24. The van der Waals surface area contributed by atoms with Crippen molar-refractivity contribution < 1.29 is 5.11 Å². The molecular formula is C28H50OS2. The van der Waals surface area contributed by atoms with E-state index in [1.54, 1.807) is 0 Å². The number of hydrogen-bond acceptors (Lipinski definition) is 3. The molecule has 1 N–H and O–H groups in total. The van der Waals surface area contributed by atoms with Gasteiger partial charge in [-0.3, -0.25) is 0 Å². The van der Waals surface area contributed by atoms with E-state index in [0.29, 0.717) is 16.6 Å². The summed E-state index contributed by atoms with van der Waals surface area (Å²) in [4.78, 5) is 0. The van der Waals surface area contributed by atoms with Crippen LogP contribution in [-0.2, 0) is 14.9 Å². The van der Waals surface area contributed by atoms with Crippen molar-refractivity contribution in [3.05, 3.63) is 28.8 Å². The molecule has 0 aromatic heterocycles. The highest BCUT2D eigenvalue weighted by atomic mass is 32.2. The van der Waals surface area contributed by atoms with Crippen LogP contribution >= 0.6 is 23.5 Å². The van der Waals surface area contributed by atoms with Crippen LogP contribution in [0.1, 0.15) is 120 Å². The monoisotopic (exact) mass is 466 g/mol. The van der Waals surface area contributed by atoms with Crippen LogP contribution < -0.4 is 0 Å². The highest BCUT2D eigenvalue weighted by Gasteiger charge is 2.33. The van der Waals surface area contributed by atoms with E-state index >= 15 is 0 Å². The van der Waals surface area contributed by atoms with E-state index in [4.69, 9.17) is 0 Å². The summed E-state index contributed by atoms with van der Waals surface area (Å²) in [6.07, 6.45) is 2.37. The van der Waals surface area contributed by atoms with E-state index in [2.05, 4.69) is 102 Å². The Morgan fingerprint density at radius 1 is 0.613 bits per heavy atom. The maximum atomic E-state index is 11.4. The number of hydrogen-bond donors (Lipinski definition) is 1. The zero-order valence-electron chi connectivity index (χ0n) is 22.7. The molecule has 3 heteroatoms. The van der Waals surface area contributed by atoms with Crippen molar-refractivity contribution in [2.75, 3.05) is 11.5 Å². The number of aromatic hydroxyl groups is 1. The van der Waals surface area contributed by atoms with Crippen molar-refractivity contribution in [1.29, 1.82) is 0 Å². The molecule has 0 amide bonds. The van der Waals surface area contributed by atoms with E-state index in [0.717, 1.165) is 22.6 Å². The first-order valence-corrected chi connectivity index (χ1v) is 13.8. The predicted octanol–water partition coefficient (Wildman–Crippen LogP) is 9.50. The van der Waals surface area contributed by atoms with Gasteiger partial charge in [0.2, 0.25) is 0 Å². The van der Waals surface area contributed by atoms with Gasteiger partial charge in [-0.05, 0) is 85.5 Å². The molecule has 0 aliphatic heterocycles. The molecule has 0 aliphatic carbocycles. The van der Waals surface area contributed by atoms with E-state index < -0.39 is 0 Å². The molecule has 0 spiro atoms. The van der Waals surface area contributed by atoms with Gasteiger partial charge in [-0.1, -0.05) is 68.4 Å². The largest absolute Gasteiger partial charge is 0.507 e. The quantitative estimate of drug-likeness (QED) is 0.412. The Labute approximate surface area is 203 Å². The van der Waals surface area contributed by atoms with Crippen LogP contribution in [0, 0.1) is 10.8 Å². The topological polar surface area (TPSA) is 20.2 Å². The van der Waals surface area contributed by atoms with Crippen LogP contribution in [0.25, 0.3) is 0 Å². The Bertz CT molecular complexity index is 725. The van der Waals surface area contributed by atoms with Gasteiger partial charge in [-0.2, -0.15) is 23.5 Å². The van der Waals surface area contributed by atoms with Crippen LogP contribution in [-0.4, -0.2) is 16.6 Å². The first-order valence-electron chi connectivity index (χ1n) is 11.8. The summed E-state index contributed by atoms with van der Waals surface area (Å²) in [6.45, 7) is 29.7. The lowest BCUT2D eigenvalue weighted by atomic mass is 9.81. The number of phenols is 1. The second kappa shape index (κ2) is 9.92. The summed E-state index contributed by atoms with van der Waals surface area (Å²) >= 11 is 4.00. The normalized spacial score (nSPS) is 14.2. The third-order valence-corrected chi connectivity index (χ3v) is 8.61. The van der Waals surface area contributed by atoms with Crippen molar-refractivity contribution in [3.63, 3.8) is 0 Å². The fourth-order valence-electron chi connectivity index (χ4n) is 3.40. The van der Waals surface area contributed by atoms with Gasteiger partial charge in [0, 0.05) is 15.1 Å². The van der Waals surface area contributed by atoms with Gasteiger partial charge in [0.15, 0.2) is 0 Å². The summed E-state index contributed by atoms with van der Waals surface area (Å²) in [7, 11) is 0. The molecule has 1 aromatic carbocycles. The van der Waals surface area contributed by atoms with Crippen molar-refractivity contribution in [2.24, 2.45) is 10.8 Å². The maximum Gasteiger partial charge on any atom is 0.123 e. The standard InChI is InChI=1S/C28H50OS2/c1-24(2,3)14-16-30-27(10,11)20-18-21(26(7,8)9)23(29)22(19-20)28(12,13)31-17-15-25(4,5)6/h18-19,29H,14-17H2,1-13H3. The maximum absolute atomic E-state index is 11.4. The van der Waals surface area contributed by atoms with Crippen LogP contribution in [0.5, 0.6) is 5.75 Å². The van der Waals surface area contributed by atoms with Crippen LogP contribution in [0.4, 0.5) is 0 Å². The fourth-order valence-corrected chi connectivity index (χ4v) is 6.44. The minimum atomic E-state index is -0.141. The van der Waals surface area contributed by atoms with Gasteiger partial charge in [-0.15, -0.1) is 0 Å². The second-order valence-electron chi connectivity index (χ2n) is 13.5. The van der Waals surface area contributed by atoms with E-state index in [-0.39, 0.29) is 14.9 Å². The lowest BCUT2D eigenvalue weighted by Gasteiger charge is -2.34. The molecule has 0 heterocycles. The van der Waals surface area contributed by atoms with E-state index in [9.17, 15) is 5.11 Å².